The summed E-state index contributed by atoms with van der Waals surface area (Å²) < 4.78 is 32.4. The lowest BCUT2D eigenvalue weighted by molar-refractivity contribution is -0.139. The average molecular weight is 499 g/mol. The van der Waals surface area contributed by atoms with E-state index in [0.29, 0.717) is 11.3 Å². The van der Waals surface area contributed by atoms with Crippen molar-refractivity contribution in [1.82, 2.24) is 13.9 Å². The van der Waals surface area contributed by atoms with Crippen LogP contribution >= 0.6 is 0 Å². The van der Waals surface area contributed by atoms with Crippen LogP contribution in [-0.2, 0) is 19.6 Å². The van der Waals surface area contributed by atoms with E-state index in [1.54, 1.807) is 54.7 Å². The van der Waals surface area contributed by atoms with Crippen LogP contribution in [0.15, 0.2) is 96.3 Å². The van der Waals surface area contributed by atoms with Crippen LogP contribution in [-0.4, -0.2) is 34.9 Å². The maximum atomic E-state index is 13.1. The van der Waals surface area contributed by atoms with Gasteiger partial charge in [-0.25, -0.2) is 22.4 Å². The van der Waals surface area contributed by atoms with Crippen molar-refractivity contribution in [1.29, 1.82) is 0 Å². The summed E-state index contributed by atoms with van der Waals surface area (Å²) in [5, 5.41) is 4.91. The molecule has 5 aromatic rings. The van der Waals surface area contributed by atoms with Gasteiger partial charge in [0.15, 0.2) is 0 Å². The minimum atomic E-state index is -3.70. The first kappa shape index (κ1) is 23.3. The van der Waals surface area contributed by atoms with E-state index in [1.807, 2.05) is 36.4 Å². The van der Waals surface area contributed by atoms with Crippen molar-refractivity contribution in [2.75, 3.05) is 11.9 Å². The van der Waals surface area contributed by atoms with Gasteiger partial charge >= 0.3 is 5.97 Å². The van der Waals surface area contributed by atoms with Gasteiger partial charge in [-0.1, -0.05) is 30.3 Å². The molecule has 0 aliphatic rings. The Morgan fingerprint density at radius 1 is 1.03 bits per heavy atom. The van der Waals surface area contributed by atoms with Crippen LogP contribution in [0, 0.1) is 0 Å². The first-order valence-corrected chi connectivity index (χ1v) is 12.6. The van der Waals surface area contributed by atoms with Gasteiger partial charge in [-0.05, 0) is 60.2 Å². The molecule has 5 rings (SSSR count). The second-order valence-electron chi connectivity index (χ2n) is 8.03. The summed E-state index contributed by atoms with van der Waals surface area (Å²) in [6.07, 6.45) is 6.68. The van der Waals surface area contributed by atoms with Crippen LogP contribution in [0.5, 0.6) is 0 Å². The molecule has 0 saturated heterocycles. The SMILES string of the molecule is CC(=O)OC/C=C/c1ccc2ncnc(Nc3ccc4c(ccn4S(=O)(=O)c4ccccc4)c3)c2c1. The largest absolute Gasteiger partial charge is 0.462 e. The van der Waals surface area contributed by atoms with Crippen LogP contribution in [0.25, 0.3) is 27.9 Å². The fourth-order valence-corrected chi connectivity index (χ4v) is 5.25. The molecule has 0 bridgehead atoms. The maximum absolute atomic E-state index is 13.1. The summed E-state index contributed by atoms with van der Waals surface area (Å²) >= 11 is 0. The molecule has 2 aromatic heterocycles. The lowest BCUT2D eigenvalue weighted by Gasteiger charge is -2.10. The molecule has 0 aliphatic heterocycles. The standard InChI is InChI=1S/C27H22N4O4S/c1-19(32)35-15-5-6-20-9-11-25-24(16-20)27(29-18-28-25)30-22-10-12-26-21(17-22)13-14-31(26)36(33,34)23-7-3-2-4-8-23/h2-14,16-18H,15H2,1H3,(H,28,29,30)/b6-5+. The second kappa shape index (κ2) is 9.63. The van der Waals surface area contributed by atoms with Crippen LogP contribution in [0.2, 0.25) is 0 Å². The number of ether oxygens (including phenoxy) is 1. The Bertz CT molecular complexity index is 1710. The van der Waals surface area contributed by atoms with E-state index < -0.39 is 10.0 Å². The van der Waals surface area contributed by atoms with Crippen molar-refractivity contribution in [3.63, 3.8) is 0 Å². The van der Waals surface area contributed by atoms with Gasteiger partial charge in [-0.3, -0.25) is 4.79 Å². The van der Waals surface area contributed by atoms with E-state index in [0.717, 1.165) is 27.5 Å². The van der Waals surface area contributed by atoms with E-state index in [-0.39, 0.29) is 17.5 Å². The number of esters is 1. The molecule has 2 heterocycles. The van der Waals surface area contributed by atoms with E-state index in [1.165, 1.54) is 17.2 Å². The Kier molecular flexibility index (Phi) is 6.22. The maximum Gasteiger partial charge on any atom is 0.302 e. The molecule has 0 saturated carbocycles. The molecule has 0 spiro atoms. The third-order valence-corrected chi connectivity index (χ3v) is 7.27. The molecule has 0 unspecified atom stereocenters. The summed E-state index contributed by atoms with van der Waals surface area (Å²) in [6.45, 7) is 1.57. The molecule has 0 radical (unpaired) electrons. The normalized spacial score (nSPS) is 11.8. The van der Waals surface area contributed by atoms with Gasteiger partial charge in [0.2, 0.25) is 0 Å². The number of aromatic nitrogens is 3. The molecule has 9 heteroatoms. The first-order valence-electron chi connectivity index (χ1n) is 11.2. The van der Waals surface area contributed by atoms with Gasteiger partial charge in [-0.2, -0.15) is 0 Å². The molecule has 0 amide bonds. The quantitative estimate of drug-likeness (QED) is 0.310. The van der Waals surface area contributed by atoms with Crippen molar-refractivity contribution >= 4 is 55.4 Å². The number of hydrogen-bond donors (Lipinski definition) is 1. The molecule has 0 fully saturated rings. The average Bonchev–Trinajstić information content (AvgIpc) is 3.31. The van der Waals surface area contributed by atoms with Crippen molar-refractivity contribution in [3.8, 4) is 0 Å². The predicted molar refractivity (Wildman–Crippen MR) is 139 cm³/mol. The highest BCUT2D eigenvalue weighted by molar-refractivity contribution is 7.90. The number of anilines is 2. The molecule has 180 valence electrons. The molecule has 3 aromatic carbocycles. The number of rotatable bonds is 7. The number of carbonyl (C=O) groups excluding carboxylic acids is 1. The van der Waals surface area contributed by atoms with E-state index in [2.05, 4.69) is 15.3 Å². The Morgan fingerprint density at radius 2 is 1.86 bits per heavy atom. The first-order chi connectivity index (χ1) is 17.4. The zero-order valence-electron chi connectivity index (χ0n) is 19.3. The van der Waals surface area contributed by atoms with E-state index in [4.69, 9.17) is 4.74 Å². The summed E-state index contributed by atoms with van der Waals surface area (Å²) in [6, 6.07) is 21.3. The van der Waals surface area contributed by atoms with Crippen LogP contribution in [0.4, 0.5) is 11.5 Å². The zero-order chi connectivity index (χ0) is 25.1. The minimum Gasteiger partial charge on any atom is -0.462 e. The third kappa shape index (κ3) is 4.69. The van der Waals surface area contributed by atoms with Crippen LogP contribution in [0.1, 0.15) is 12.5 Å². The van der Waals surface area contributed by atoms with Gasteiger partial charge in [0.25, 0.3) is 10.0 Å². The van der Waals surface area contributed by atoms with Crippen molar-refractivity contribution in [3.05, 3.63) is 97.0 Å². The molecule has 0 aliphatic carbocycles. The van der Waals surface area contributed by atoms with Crippen LogP contribution < -0.4 is 5.32 Å². The molecule has 0 atom stereocenters. The smallest absolute Gasteiger partial charge is 0.302 e. The Balaban J connectivity index is 1.44. The number of nitrogens with one attached hydrogen (secondary N) is 1. The molecular weight excluding hydrogens is 476 g/mol. The molecular formula is C27H22N4O4S. The highest BCUT2D eigenvalue weighted by Crippen LogP contribution is 2.28. The van der Waals surface area contributed by atoms with Gasteiger partial charge in [0.05, 0.1) is 15.9 Å². The summed E-state index contributed by atoms with van der Waals surface area (Å²) in [5.74, 6) is 0.286. The van der Waals surface area contributed by atoms with E-state index >= 15 is 0 Å². The fraction of sp³-hybridized carbons (Fsp3) is 0.0741. The monoisotopic (exact) mass is 498 g/mol. The summed E-state index contributed by atoms with van der Waals surface area (Å²) in [4.78, 5) is 19.9. The predicted octanol–water partition coefficient (Wildman–Crippen LogP) is 5.14. The molecule has 36 heavy (non-hydrogen) atoms. The van der Waals surface area contributed by atoms with Crippen molar-refractivity contribution < 1.29 is 17.9 Å². The number of carbonyl (C=O) groups is 1. The van der Waals surface area contributed by atoms with Gasteiger partial charge in [0, 0.05) is 29.6 Å². The van der Waals surface area contributed by atoms with Gasteiger partial charge in [0.1, 0.15) is 18.8 Å². The fourth-order valence-electron chi connectivity index (χ4n) is 3.87. The Labute approximate surface area is 207 Å². The molecule has 1 N–H and O–H groups in total. The molecule has 8 nitrogen and oxygen atoms in total. The number of benzene rings is 3. The van der Waals surface area contributed by atoms with Crippen molar-refractivity contribution in [2.45, 2.75) is 11.8 Å². The number of nitrogens with zero attached hydrogens (tertiary/aromatic N) is 3. The van der Waals surface area contributed by atoms with Crippen LogP contribution in [0.3, 0.4) is 0 Å². The Morgan fingerprint density at radius 3 is 2.67 bits per heavy atom. The van der Waals surface area contributed by atoms with Crippen molar-refractivity contribution in [2.24, 2.45) is 0 Å². The summed E-state index contributed by atoms with van der Waals surface area (Å²) in [5.41, 5.74) is 3.02. The third-order valence-electron chi connectivity index (χ3n) is 5.57. The van der Waals surface area contributed by atoms with Gasteiger partial charge < -0.3 is 10.1 Å². The number of hydrogen-bond acceptors (Lipinski definition) is 7. The lowest BCUT2D eigenvalue weighted by Crippen LogP contribution is -2.11. The highest BCUT2D eigenvalue weighted by atomic mass is 32.2. The second-order valence-corrected chi connectivity index (χ2v) is 9.85. The zero-order valence-corrected chi connectivity index (χ0v) is 20.1. The Hall–Kier alpha value is -4.50. The summed E-state index contributed by atoms with van der Waals surface area (Å²) in [7, 11) is -3.70. The van der Waals surface area contributed by atoms with E-state index in [9.17, 15) is 13.2 Å². The lowest BCUT2D eigenvalue weighted by atomic mass is 10.1. The highest BCUT2D eigenvalue weighted by Gasteiger charge is 2.18. The topological polar surface area (TPSA) is 103 Å². The number of fused-ring (bicyclic) bond motifs is 2. The minimum absolute atomic E-state index is 0.198. The van der Waals surface area contributed by atoms with Gasteiger partial charge in [-0.15, -0.1) is 0 Å².